The number of fused-ring (bicyclic) bond motifs is 1. The van der Waals surface area contributed by atoms with Crippen LogP contribution in [0.2, 0.25) is 0 Å². The number of carbonyl (C=O) groups is 2. The second-order valence-corrected chi connectivity index (χ2v) is 10.2. The highest BCUT2D eigenvalue weighted by Crippen LogP contribution is 2.47. The topological polar surface area (TPSA) is 88.3 Å². The van der Waals surface area contributed by atoms with Crippen LogP contribution in [0.3, 0.4) is 0 Å². The number of allylic oxidation sites excluding steroid dienone is 4. The maximum absolute atomic E-state index is 12.9. The molecule has 1 fully saturated rings. The zero-order valence-electron chi connectivity index (χ0n) is 18.8. The van der Waals surface area contributed by atoms with Crippen LogP contribution in [0.1, 0.15) is 47.3 Å². The van der Waals surface area contributed by atoms with Gasteiger partial charge in [-0.25, -0.2) is 0 Å². The number of thiophene rings is 1. The van der Waals surface area contributed by atoms with Gasteiger partial charge in [0.25, 0.3) is 0 Å². The van der Waals surface area contributed by atoms with Gasteiger partial charge in [-0.1, -0.05) is 23.8 Å². The number of aryl methyl sites for hydroxylation is 1. The zero-order chi connectivity index (χ0) is 22.8. The SMILES string of the molecule is NCc1c(NC(=O)C2CC2C2=CC=CCC2)sc2c1CCN(C(=O)CCc1ccncc1)C2. The number of nitrogens with one attached hydrogen (secondary N) is 1. The molecule has 3 heterocycles. The highest BCUT2D eigenvalue weighted by Gasteiger charge is 2.45. The summed E-state index contributed by atoms with van der Waals surface area (Å²) in [6.45, 7) is 1.70. The Morgan fingerprint density at radius 2 is 2.09 bits per heavy atom. The van der Waals surface area contributed by atoms with Crippen LogP contribution in [-0.4, -0.2) is 28.2 Å². The van der Waals surface area contributed by atoms with Gasteiger partial charge in [-0.2, -0.15) is 0 Å². The van der Waals surface area contributed by atoms with Crippen molar-refractivity contribution in [3.05, 3.63) is 69.9 Å². The van der Waals surface area contributed by atoms with E-state index in [9.17, 15) is 9.59 Å². The van der Waals surface area contributed by atoms with Crippen LogP contribution < -0.4 is 11.1 Å². The van der Waals surface area contributed by atoms with Crippen molar-refractivity contribution in [2.45, 2.75) is 51.6 Å². The first kappa shape index (κ1) is 22.0. The van der Waals surface area contributed by atoms with Crippen molar-refractivity contribution in [2.75, 3.05) is 11.9 Å². The number of anilines is 1. The van der Waals surface area contributed by atoms with Gasteiger partial charge < -0.3 is 16.0 Å². The Balaban J connectivity index is 1.22. The van der Waals surface area contributed by atoms with Crippen LogP contribution in [0.25, 0.3) is 0 Å². The number of aromatic nitrogens is 1. The molecule has 0 saturated heterocycles. The molecule has 3 N–H and O–H groups in total. The lowest BCUT2D eigenvalue weighted by atomic mass is 9.99. The number of nitrogens with zero attached hydrogens (tertiary/aromatic N) is 2. The van der Waals surface area contributed by atoms with Gasteiger partial charge in [0, 0.05) is 48.3 Å². The first-order valence-electron chi connectivity index (χ1n) is 11.8. The van der Waals surface area contributed by atoms with Gasteiger partial charge in [0.15, 0.2) is 0 Å². The van der Waals surface area contributed by atoms with Crippen LogP contribution in [0.5, 0.6) is 0 Å². The van der Waals surface area contributed by atoms with Crippen molar-refractivity contribution < 1.29 is 9.59 Å². The summed E-state index contributed by atoms with van der Waals surface area (Å²) in [4.78, 5) is 32.9. The molecule has 0 bridgehead atoms. The van der Waals surface area contributed by atoms with E-state index in [2.05, 4.69) is 28.5 Å². The van der Waals surface area contributed by atoms with E-state index in [-0.39, 0.29) is 17.7 Å². The fourth-order valence-electron chi connectivity index (χ4n) is 4.99. The monoisotopic (exact) mass is 462 g/mol. The molecule has 1 aliphatic heterocycles. The van der Waals surface area contributed by atoms with Crippen LogP contribution in [0.15, 0.2) is 48.3 Å². The van der Waals surface area contributed by atoms with Gasteiger partial charge in [0.1, 0.15) is 5.00 Å². The van der Waals surface area contributed by atoms with Crippen molar-refractivity contribution >= 4 is 28.2 Å². The first-order chi connectivity index (χ1) is 16.1. The number of rotatable bonds is 7. The zero-order valence-corrected chi connectivity index (χ0v) is 19.6. The van der Waals surface area contributed by atoms with E-state index in [0.717, 1.165) is 53.1 Å². The fraction of sp³-hybridized carbons (Fsp3) is 0.423. The lowest BCUT2D eigenvalue weighted by Crippen LogP contribution is -2.35. The van der Waals surface area contributed by atoms with Crippen molar-refractivity contribution in [1.82, 2.24) is 9.88 Å². The summed E-state index contributed by atoms with van der Waals surface area (Å²) < 4.78 is 0. The molecule has 7 heteroatoms. The molecule has 6 nitrogen and oxygen atoms in total. The quantitative estimate of drug-likeness (QED) is 0.652. The minimum absolute atomic E-state index is 0.0683. The molecule has 0 radical (unpaired) electrons. The van der Waals surface area contributed by atoms with E-state index in [1.807, 2.05) is 17.0 Å². The molecule has 1 saturated carbocycles. The molecule has 2 unspecified atom stereocenters. The predicted molar refractivity (Wildman–Crippen MR) is 131 cm³/mol. The Kier molecular flexibility index (Phi) is 6.42. The minimum atomic E-state index is 0.0683. The smallest absolute Gasteiger partial charge is 0.228 e. The van der Waals surface area contributed by atoms with Crippen molar-refractivity contribution in [1.29, 1.82) is 0 Å². The second kappa shape index (κ2) is 9.61. The molecular formula is C26H30N4O2S. The molecule has 2 aromatic heterocycles. The highest BCUT2D eigenvalue weighted by atomic mass is 32.1. The number of carbonyl (C=O) groups excluding carboxylic acids is 2. The molecule has 0 aromatic carbocycles. The summed E-state index contributed by atoms with van der Waals surface area (Å²) in [5, 5.41) is 4.06. The lowest BCUT2D eigenvalue weighted by molar-refractivity contribution is -0.132. The van der Waals surface area contributed by atoms with Crippen LogP contribution in [0, 0.1) is 11.8 Å². The summed E-state index contributed by atoms with van der Waals surface area (Å²) in [5.41, 5.74) is 10.9. The van der Waals surface area contributed by atoms with Crippen molar-refractivity contribution in [3.8, 4) is 0 Å². The van der Waals surface area contributed by atoms with Gasteiger partial charge in [-0.15, -0.1) is 11.3 Å². The Morgan fingerprint density at radius 3 is 2.85 bits per heavy atom. The summed E-state index contributed by atoms with van der Waals surface area (Å²) in [6, 6.07) is 3.91. The van der Waals surface area contributed by atoms with Crippen LogP contribution >= 0.6 is 11.3 Å². The van der Waals surface area contributed by atoms with Crippen molar-refractivity contribution in [3.63, 3.8) is 0 Å². The van der Waals surface area contributed by atoms with Gasteiger partial charge in [0.05, 0.1) is 6.54 Å². The number of amides is 2. The largest absolute Gasteiger partial charge is 0.337 e. The predicted octanol–water partition coefficient (Wildman–Crippen LogP) is 3.97. The molecule has 33 heavy (non-hydrogen) atoms. The summed E-state index contributed by atoms with van der Waals surface area (Å²) >= 11 is 1.59. The molecular weight excluding hydrogens is 432 g/mol. The maximum Gasteiger partial charge on any atom is 0.228 e. The van der Waals surface area contributed by atoms with Crippen LogP contribution in [0.4, 0.5) is 5.00 Å². The van der Waals surface area contributed by atoms with E-state index >= 15 is 0 Å². The highest BCUT2D eigenvalue weighted by molar-refractivity contribution is 7.16. The third-order valence-electron chi connectivity index (χ3n) is 6.99. The summed E-state index contributed by atoms with van der Waals surface area (Å²) in [5.74, 6) is 0.730. The first-order valence-corrected chi connectivity index (χ1v) is 12.6. The lowest BCUT2D eigenvalue weighted by Gasteiger charge is -2.27. The van der Waals surface area contributed by atoms with Crippen molar-refractivity contribution in [2.24, 2.45) is 17.6 Å². The average Bonchev–Trinajstić information content (AvgIpc) is 3.59. The third-order valence-corrected chi connectivity index (χ3v) is 8.16. The summed E-state index contributed by atoms with van der Waals surface area (Å²) in [7, 11) is 0. The number of hydrogen-bond donors (Lipinski definition) is 2. The Hall–Kier alpha value is -2.77. The van der Waals surface area contributed by atoms with Gasteiger partial charge in [-0.05, 0) is 61.3 Å². The standard InChI is InChI=1S/C26H30N4O2S/c27-15-22-19-10-13-30(24(31)7-6-17-8-11-28-12-9-17)16-23(19)33-26(22)29-25(32)21-14-20(21)18-4-2-1-3-5-18/h1-2,4,8-9,11-12,20-21H,3,5-7,10,13-16,27H2,(H,29,32). The second-order valence-electron chi connectivity index (χ2n) is 9.08. The molecule has 2 aliphatic carbocycles. The fourth-order valence-corrected chi connectivity index (χ4v) is 6.28. The maximum atomic E-state index is 12.9. The van der Waals surface area contributed by atoms with E-state index in [1.165, 1.54) is 11.1 Å². The molecule has 5 rings (SSSR count). The summed E-state index contributed by atoms with van der Waals surface area (Å²) in [6.07, 6.45) is 15.1. The van der Waals surface area contributed by atoms with E-state index in [0.29, 0.717) is 32.0 Å². The number of hydrogen-bond acceptors (Lipinski definition) is 5. The Labute approximate surface area is 198 Å². The average molecular weight is 463 g/mol. The van der Waals surface area contributed by atoms with Gasteiger partial charge in [-0.3, -0.25) is 14.6 Å². The molecule has 0 spiro atoms. The Morgan fingerprint density at radius 1 is 1.24 bits per heavy atom. The Bertz CT molecular complexity index is 1100. The van der Waals surface area contributed by atoms with E-state index in [1.54, 1.807) is 23.7 Å². The third kappa shape index (κ3) is 4.80. The molecule has 2 atom stereocenters. The van der Waals surface area contributed by atoms with Gasteiger partial charge in [0.2, 0.25) is 11.8 Å². The van der Waals surface area contributed by atoms with Crippen LogP contribution in [-0.2, 0) is 35.5 Å². The molecule has 172 valence electrons. The number of nitrogens with two attached hydrogens (primary N) is 1. The molecule has 2 aromatic rings. The normalized spacial score (nSPS) is 21.4. The van der Waals surface area contributed by atoms with Gasteiger partial charge >= 0.3 is 0 Å². The van der Waals surface area contributed by atoms with E-state index < -0.39 is 0 Å². The number of pyridine rings is 1. The molecule has 3 aliphatic rings. The minimum Gasteiger partial charge on any atom is -0.337 e. The van der Waals surface area contributed by atoms with E-state index in [4.69, 9.17) is 5.73 Å². The molecule has 2 amide bonds.